The molecular formula is C23H21NO4. The van der Waals surface area contributed by atoms with Crippen molar-refractivity contribution in [3.8, 4) is 11.5 Å². The van der Waals surface area contributed by atoms with Gasteiger partial charge in [0.2, 0.25) is 6.10 Å². The van der Waals surface area contributed by atoms with E-state index in [0.29, 0.717) is 17.1 Å². The molecule has 0 radical (unpaired) electrons. The second-order valence-corrected chi connectivity index (χ2v) is 6.34. The van der Waals surface area contributed by atoms with Crippen molar-refractivity contribution in [2.75, 3.05) is 14.1 Å². The lowest BCUT2D eigenvalue weighted by atomic mass is 10.1. The second kappa shape index (κ2) is 8.86. The average molecular weight is 375 g/mol. The van der Waals surface area contributed by atoms with E-state index >= 15 is 0 Å². The maximum atomic E-state index is 12.9. The predicted molar refractivity (Wildman–Crippen MR) is 106 cm³/mol. The SMILES string of the molecule is CN(C)C(=O)C(OC(=O)c1ccccc1Oc1ccccc1)c1ccccc1. The van der Waals surface area contributed by atoms with E-state index in [0.717, 1.165) is 0 Å². The first-order chi connectivity index (χ1) is 13.6. The van der Waals surface area contributed by atoms with Crippen molar-refractivity contribution in [1.29, 1.82) is 0 Å². The molecule has 142 valence electrons. The molecule has 3 rings (SSSR count). The largest absolute Gasteiger partial charge is 0.456 e. The van der Waals surface area contributed by atoms with Gasteiger partial charge >= 0.3 is 5.97 Å². The number of ether oxygens (including phenoxy) is 2. The first-order valence-electron chi connectivity index (χ1n) is 8.85. The van der Waals surface area contributed by atoms with Gasteiger partial charge in [0.25, 0.3) is 5.91 Å². The van der Waals surface area contributed by atoms with E-state index in [9.17, 15) is 9.59 Å². The van der Waals surface area contributed by atoms with Crippen molar-refractivity contribution in [3.05, 3.63) is 96.1 Å². The molecule has 0 fully saturated rings. The van der Waals surface area contributed by atoms with E-state index in [4.69, 9.17) is 9.47 Å². The summed E-state index contributed by atoms with van der Waals surface area (Å²) in [6, 6.07) is 24.9. The molecule has 5 nitrogen and oxygen atoms in total. The van der Waals surface area contributed by atoms with Crippen LogP contribution in [0.15, 0.2) is 84.9 Å². The van der Waals surface area contributed by atoms with Gasteiger partial charge in [0.15, 0.2) is 0 Å². The van der Waals surface area contributed by atoms with Crippen LogP contribution in [-0.2, 0) is 9.53 Å². The Morgan fingerprint density at radius 3 is 2.00 bits per heavy atom. The Kier molecular flexibility index (Phi) is 6.07. The number of hydrogen-bond acceptors (Lipinski definition) is 4. The molecule has 0 aliphatic heterocycles. The minimum absolute atomic E-state index is 0.249. The quantitative estimate of drug-likeness (QED) is 0.597. The fraction of sp³-hybridized carbons (Fsp3) is 0.130. The van der Waals surface area contributed by atoms with Gasteiger partial charge in [-0.05, 0) is 24.3 Å². The van der Waals surface area contributed by atoms with Crippen LogP contribution < -0.4 is 4.74 Å². The highest BCUT2D eigenvalue weighted by atomic mass is 16.6. The lowest BCUT2D eigenvalue weighted by molar-refractivity contribution is -0.138. The number of rotatable bonds is 6. The smallest absolute Gasteiger partial charge is 0.343 e. The van der Waals surface area contributed by atoms with Crippen LogP contribution in [0.5, 0.6) is 11.5 Å². The molecule has 3 aromatic carbocycles. The van der Waals surface area contributed by atoms with Crippen LogP contribution in [-0.4, -0.2) is 30.9 Å². The Hall–Kier alpha value is -3.60. The molecule has 0 saturated heterocycles. The summed E-state index contributed by atoms with van der Waals surface area (Å²) in [5, 5.41) is 0. The molecule has 3 aromatic rings. The summed E-state index contributed by atoms with van der Waals surface area (Å²) in [6.45, 7) is 0. The minimum atomic E-state index is -1.03. The lowest BCUT2D eigenvalue weighted by Crippen LogP contribution is -2.31. The molecule has 0 aliphatic rings. The molecule has 0 aliphatic carbocycles. The van der Waals surface area contributed by atoms with Crippen LogP contribution in [0.4, 0.5) is 0 Å². The maximum Gasteiger partial charge on any atom is 0.343 e. The average Bonchev–Trinajstić information content (AvgIpc) is 2.73. The monoisotopic (exact) mass is 375 g/mol. The van der Waals surface area contributed by atoms with Gasteiger partial charge in [0, 0.05) is 19.7 Å². The Bertz CT molecular complexity index is 939. The standard InChI is InChI=1S/C23H21NO4/c1-24(2)22(25)21(17-11-5-3-6-12-17)28-23(26)19-15-9-10-16-20(19)27-18-13-7-4-8-14-18/h3-16,21H,1-2H3. The van der Waals surface area contributed by atoms with Gasteiger partial charge in [-0.2, -0.15) is 0 Å². The number of amides is 1. The van der Waals surface area contributed by atoms with Crippen LogP contribution in [0.3, 0.4) is 0 Å². The van der Waals surface area contributed by atoms with E-state index in [1.165, 1.54) is 4.90 Å². The summed E-state index contributed by atoms with van der Waals surface area (Å²) < 4.78 is 11.4. The van der Waals surface area contributed by atoms with Gasteiger partial charge in [-0.1, -0.05) is 60.7 Å². The number of carbonyl (C=O) groups is 2. The minimum Gasteiger partial charge on any atom is -0.456 e. The third kappa shape index (κ3) is 4.57. The number of hydrogen-bond donors (Lipinski definition) is 0. The molecule has 0 heterocycles. The molecule has 1 unspecified atom stereocenters. The van der Waals surface area contributed by atoms with Crippen LogP contribution in [0.2, 0.25) is 0 Å². The number of carbonyl (C=O) groups excluding carboxylic acids is 2. The molecule has 1 atom stereocenters. The Morgan fingerprint density at radius 2 is 1.36 bits per heavy atom. The summed E-state index contributed by atoms with van der Waals surface area (Å²) in [7, 11) is 3.25. The third-order valence-corrected chi connectivity index (χ3v) is 4.07. The number of benzene rings is 3. The Labute approximate surface area is 164 Å². The van der Waals surface area contributed by atoms with E-state index in [2.05, 4.69) is 0 Å². The third-order valence-electron chi connectivity index (χ3n) is 4.07. The summed E-state index contributed by atoms with van der Waals surface area (Å²) in [4.78, 5) is 26.9. The zero-order chi connectivity index (χ0) is 19.9. The highest BCUT2D eigenvalue weighted by Crippen LogP contribution is 2.28. The van der Waals surface area contributed by atoms with Crippen molar-refractivity contribution >= 4 is 11.9 Å². The fourth-order valence-electron chi connectivity index (χ4n) is 2.63. The highest BCUT2D eigenvalue weighted by Gasteiger charge is 2.28. The van der Waals surface area contributed by atoms with Gasteiger partial charge in [0.05, 0.1) is 0 Å². The van der Waals surface area contributed by atoms with Crippen LogP contribution >= 0.6 is 0 Å². The zero-order valence-electron chi connectivity index (χ0n) is 15.7. The van der Waals surface area contributed by atoms with Crippen molar-refractivity contribution < 1.29 is 19.1 Å². The van der Waals surface area contributed by atoms with Gasteiger partial charge < -0.3 is 14.4 Å². The van der Waals surface area contributed by atoms with E-state index < -0.39 is 12.1 Å². The Balaban J connectivity index is 1.87. The van der Waals surface area contributed by atoms with Crippen LogP contribution in [0.1, 0.15) is 22.0 Å². The molecular weight excluding hydrogens is 354 g/mol. The second-order valence-electron chi connectivity index (χ2n) is 6.34. The summed E-state index contributed by atoms with van der Waals surface area (Å²) in [5.41, 5.74) is 0.856. The number of likely N-dealkylation sites (N-methyl/N-ethyl adjacent to an activating group) is 1. The van der Waals surface area contributed by atoms with Crippen molar-refractivity contribution in [2.45, 2.75) is 6.10 Å². The van der Waals surface area contributed by atoms with Gasteiger partial charge in [-0.3, -0.25) is 4.79 Å². The molecule has 5 heteroatoms. The first kappa shape index (κ1) is 19.2. The molecule has 0 N–H and O–H groups in total. The summed E-state index contributed by atoms with van der Waals surface area (Å²) in [5.74, 6) is 0.0196. The predicted octanol–water partition coefficient (Wildman–Crippen LogP) is 4.47. The number of para-hydroxylation sites is 2. The topological polar surface area (TPSA) is 55.8 Å². The van der Waals surface area contributed by atoms with Gasteiger partial charge in [0.1, 0.15) is 17.1 Å². The van der Waals surface area contributed by atoms with Crippen LogP contribution in [0.25, 0.3) is 0 Å². The fourth-order valence-corrected chi connectivity index (χ4v) is 2.63. The molecule has 28 heavy (non-hydrogen) atoms. The van der Waals surface area contributed by atoms with Gasteiger partial charge in [-0.15, -0.1) is 0 Å². The van der Waals surface area contributed by atoms with E-state index in [1.54, 1.807) is 74.8 Å². The molecule has 0 spiro atoms. The van der Waals surface area contributed by atoms with Crippen molar-refractivity contribution in [2.24, 2.45) is 0 Å². The zero-order valence-corrected chi connectivity index (χ0v) is 15.7. The Morgan fingerprint density at radius 1 is 0.786 bits per heavy atom. The van der Waals surface area contributed by atoms with Crippen LogP contribution in [0, 0.1) is 0 Å². The maximum absolute atomic E-state index is 12.9. The number of esters is 1. The van der Waals surface area contributed by atoms with Crippen molar-refractivity contribution in [1.82, 2.24) is 4.90 Å². The van der Waals surface area contributed by atoms with Gasteiger partial charge in [-0.25, -0.2) is 4.79 Å². The molecule has 0 bridgehead atoms. The first-order valence-corrected chi connectivity index (χ1v) is 8.85. The molecule has 0 saturated carbocycles. The van der Waals surface area contributed by atoms with E-state index in [-0.39, 0.29) is 11.5 Å². The van der Waals surface area contributed by atoms with Crippen molar-refractivity contribution in [3.63, 3.8) is 0 Å². The summed E-state index contributed by atoms with van der Waals surface area (Å²) >= 11 is 0. The summed E-state index contributed by atoms with van der Waals surface area (Å²) in [6.07, 6.45) is -1.03. The van der Waals surface area contributed by atoms with E-state index in [1.807, 2.05) is 24.3 Å². The number of nitrogens with zero attached hydrogens (tertiary/aromatic N) is 1. The molecule has 1 amide bonds. The highest BCUT2D eigenvalue weighted by molar-refractivity contribution is 5.95. The normalized spacial score (nSPS) is 11.4. The molecule has 0 aromatic heterocycles. The lowest BCUT2D eigenvalue weighted by Gasteiger charge is -2.21.